The van der Waals surface area contributed by atoms with Crippen molar-refractivity contribution in [3.63, 3.8) is 0 Å². The zero-order chi connectivity index (χ0) is 15.9. The number of likely N-dealkylation sites (N-methyl/N-ethyl adjacent to an activating group) is 1. The number of aryl methyl sites for hydroxylation is 1. The highest BCUT2D eigenvalue weighted by molar-refractivity contribution is 7.13. The monoisotopic (exact) mass is 321 g/mol. The van der Waals surface area contributed by atoms with Gasteiger partial charge in [-0.25, -0.2) is 4.98 Å². The van der Waals surface area contributed by atoms with Gasteiger partial charge in [-0.15, -0.1) is 11.3 Å². The van der Waals surface area contributed by atoms with E-state index in [0.29, 0.717) is 18.0 Å². The van der Waals surface area contributed by atoms with Crippen molar-refractivity contribution in [2.75, 3.05) is 20.1 Å². The standard InChI is InChI=1S/C17H27N3OS/c1-11(2)16-18-12(3)15(22-16)17(21)20-10-6-8-14(20)13-7-5-9-19(13)4/h11,13-14H,5-10H2,1-4H3/t13-,14+/m1/s1. The Bertz CT molecular complexity index is 554. The van der Waals surface area contributed by atoms with Crippen LogP contribution >= 0.6 is 11.3 Å². The van der Waals surface area contributed by atoms with Crippen LogP contribution in [0.15, 0.2) is 0 Å². The van der Waals surface area contributed by atoms with Crippen LogP contribution in [0.5, 0.6) is 0 Å². The highest BCUT2D eigenvalue weighted by Crippen LogP contribution is 2.32. The molecule has 3 heterocycles. The van der Waals surface area contributed by atoms with Crippen LogP contribution in [0.4, 0.5) is 0 Å². The van der Waals surface area contributed by atoms with E-state index in [1.54, 1.807) is 11.3 Å². The number of amides is 1. The lowest BCUT2D eigenvalue weighted by Gasteiger charge is -2.33. The van der Waals surface area contributed by atoms with E-state index in [1.165, 1.54) is 19.4 Å². The zero-order valence-corrected chi connectivity index (χ0v) is 14.9. The Kier molecular flexibility index (Phi) is 4.55. The molecule has 1 amide bonds. The molecule has 0 unspecified atom stereocenters. The lowest BCUT2D eigenvalue weighted by molar-refractivity contribution is 0.0668. The molecule has 2 fully saturated rings. The number of rotatable bonds is 3. The Hall–Kier alpha value is -0.940. The summed E-state index contributed by atoms with van der Waals surface area (Å²) < 4.78 is 0. The maximum atomic E-state index is 13.1. The van der Waals surface area contributed by atoms with Crippen LogP contribution in [0.2, 0.25) is 0 Å². The Morgan fingerprint density at radius 2 is 1.91 bits per heavy atom. The van der Waals surface area contributed by atoms with Crippen molar-refractivity contribution in [1.82, 2.24) is 14.8 Å². The molecule has 0 aliphatic carbocycles. The molecule has 22 heavy (non-hydrogen) atoms. The zero-order valence-electron chi connectivity index (χ0n) is 14.1. The van der Waals surface area contributed by atoms with E-state index in [9.17, 15) is 4.79 Å². The topological polar surface area (TPSA) is 36.4 Å². The summed E-state index contributed by atoms with van der Waals surface area (Å²) in [5.74, 6) is 0.602. The highest BCUT2D eigenvalue weighted by atomic mass is 32.1. The molecule has 2 aliphatic heterocycles. The number of likely N-dealkylation sites (tertiary alicyclic amines) is 2. The minimum absolute atomic E-state index is 0.213. The molecular formula is C17H27N3OS. The summed E-state index contributed by atoms with van der Waals surface area (Å²) in [6, 6.07) is 0.938. The van der Waals surface area contributed by atoms with Gasteiger partial charge in [-0.1, -0.05) is 13.8 Å². The number of thiazole rings is 1. The minimum atomic E-state index is 0.213. The molecular weight excluding hydrogens is 294 g/mol. The second-order valence-corrected chi connectivity index (χ2v) is 8.05. The van der Waals surface area contributed by atoms with Gasteiger partial charge in [-0.2, -0.15) is 0 Å². The van der Waals surface area contributed by atoms with Gasteiger partial charge in [0.2, 0.25) is 0 Å². The molecule has 122 valence electrons. The first-order valence-electron chi connectivity index (χ1n) is 8.47. The Morgan fingerprint density at radius 3 is 2.50 bits per heavy atom. The lowest BCUT2D eigenvalue weighted by atomic mass is 10.0. The van der Waals surface area contributed by atoms with E-state index in [4.69, 9.17) is 0 Å². The molecule has 2 atom stereocenters. The molecule has 1 aromatic rings. The summed E-state index contributed by atoms with van der Waals surface area (Å²) in [5.41, 5.74) is 0.907. The number of hydrogen-bond acceptors (Lipinski definition) is 4. The van der Waals surface area contributed by atoms with Gasteiger partial charge in [0, 0.05) is 24.5 Å². The maximum Gasteiger partial charge on any atom is 0.266 e. The Labute approximate surface area is 137 Å². The van der Waals surface area contributed by atoms with Gasteiger partial charge in [0.15, 0.2) is 0 Å². The average Bonchev–Trinajstić information content (AvgIpc) is 3.16. The summed E-state index contributed by atoms with van der Waals surface area (Å²) in [6.07, 6.45) is 4.77. The third-order valence-corrected chi connectivity index (χ3v) is 6.53. The predicted octanol–water partition coefficient (Wildman–Crippen LogP) is 3.27. The van der Waals surface area contributed by atoms with Crippen LogP contribution in [0, 0.1) is 6.92 Å². The van der Waals surface area contributed by atoms with E-state index in [2.05, 4.69) is 35.7 Å². The van der Waals surface area contributed by atoms with Gasteiger partial charge < -0.3 is 9.80 Å². The highest BCUT2D eigenvalue weighted by Gasteiger charge is 2.39. The fraction of sp³-hybridized carbons (Fsp3) is 0.765. The molecule has 5 heteroatoms. The lowest BCUT2D eigenvalue weighted by Crippen LogP contribution is -2.47. The normalized spacial score (nSPS) is 26.3. The van der Waals surface area contributed by atoms with Crippen molar-refractivity contribution in [2.45, 2.75) is 64.5 Å². The van der Waals surface area contributed by atoms with Gasteiger partial charge in [0.1, 0.15) is 4.88 Å². The summed E-state index contributed by atoms with van der Waals surface area (Å²) in [4.78, 5) is 23.1. The first-order valence-corrected chi connectivity index (χ1v) is 9.29. The molecule has 0 bridgehead atoms. The molecule has 2 aliphatic rings. The van der Waals surface area contributed by atoms with Crippen molar-refractivity contribution in [3.8, 4) is 0 Å². The first kappa shape index (κ1) is 15.9. The van der Waals surface area contributed by atoms with Crippen molar-refractivity contribution in [3.05, 3.63) is 15.6 Å². The molecule has 0 saturated carbocycles. The van der Waals surface area contributed by atoms with Gasteiger partial charge in [-0.3, -0.25) is 4.79 Å². The van der Waals surface area contributed by atoms with Crippen molar-refractivity contribution >= 4 is 17.2 Å². The van der Waals surface area contributed by atoms with Gasteiger partial charge >= 0.3 is 0 Å². The Balaban J connectivity index is 1.81. The van der Waals surface area contributed by atoms with Crippen molar-refractivity contribution in [1.29, 1.82) is 0 Å². The fourth-order valence-electron chi connectivity index (χ4n) is 3.86. The summed E-state index contributed by atoms with van der Waals surface area (Å²) in [7, 11) is 2.20. The van der Waals surface area contributed by atoms with Gasteiger partial charge in [0.05, 0.1) is 10.7 Å². The van der Waals surface area contributed by atoms with E-state index < -0.39 is 0 Å². The Morgan fingerprint density at radius 1 is 1.23 bits per heavy atom. The van der Waals surface area contributed by atoms with Crippen LogP contribution in [-0.4, -0.2) is 52.9 Å². The van der Waals surface area contributed by atoms with Crippen molar-refractivity contribution in [2.24, 2.45) is 0 Å². The number of carbonyl (C=O) groups is 1. The molecule has 0 radical (unpaired) electrons. The quantitative estimate of drug-likeness (QED) is 0.857. The third kappa shape index (κ3) is 2.81. The van der Waals surface area contributed by atoms with E-state index in [-0.39, 0.29) is 5.91 Å². The summed E-state index contributed by atoms with van der Waals surface area (Å²) in [6.45, 7) is 8.32. The second-order valence-electron chi connectivity index (χ2n) is 7.02. The van der Waals surface area contributed by atoms with Crippen LogP contribution in [0.25, 0.3) is 0 Å². The molecule has 0 spiro atoms. The first-order chi connectivity index (χ1) is 10.5. The number of carbonyl (C=O) groups excluding carboxylic acids is 1. The van der Waals surface area contributed by atoms with E-state index >= 15 is 0 Å². The SMILES string of the molecule is Cc1nc(C(C)C)sc1C(=O)N1CCC[C@H]1[C@H]1CCCN1C. The summed E-state index contributed by atoms with van der Waals surface area (Å²) in [5, 5.41) is 1.08. The van der Waals surface area contributed by atoms with E-state index in [1.807, 2.05) is 6.92 Å². The van der Waals surface area contributed by atoms with E-state index in [0.717, 1.165) is 35.0 Å². The average molecular weight is 321 g/mol. The van der Waals surface area contributed by atoms with Gasteiger partial charge in [-0.05, 0) is 46.2 Å². The minimum Gasteiger partial charge on any atom is -0.333 e. The third-order valence-electron chi connectivity index (χ3n) is 5.08. The molecule has 2 saturated heterocycles. The van der Waals surface area contributed by atoms with Crippen LogP contribution in [0.3, 0.4) is 0 Å². The molecule has 3 rings (SSSR count). The molecule has 1 aromatic heterocycles. The van der Waals surface area contributed by atoms with Crippen LogP contribution in [0.1, 0.15) is 65.8 Å². The smallest absolute Gasteiger partial charge is 0.266 e. The molecule has 0 aromatic carbocycles. The number of nitrogens with zero attached hydrogens (tertiary/aromatic N) is 3. The molecule has 4 nitrogen and oxygen atoms in total. The molecule has 0 N–H and O–H groups in total. The largest absolute Gasteiger partial charge is 0.333 e. The maximum absolute atomic E-state index is 13.1. The number of hydrogen-bond donors (Lipinski definition) is 0. The number of aromatic nitrogens is 1. The van der Waals surface area contributed by atoms with Crippen molar-refractivity contribution < 1.29 is 4.79 Å². The summed E-state index contributed by atoms with van der Waals surface area (Å²) >= 11 is 1.59. The van der Waals surface area contributed by atoms with Crippen LogP contribution in [-0.2, 0) is 0 Å². The second kappa shape index (κ2) is 6.28. The fourth-order valence-corrected chi connectivity index (χ4v) is 4.89. The van der Waals surface area contributed by atoms with Crippen LogP contribution < -0.4 is 0 Å². The van der Waals surface area contributed by atoms with Gasteiger partial charge in [0.25, 0.3) is 5.91 Å². The predicted molar refractivity (Wildman–Crippen MR) is 90.7 cm³/mol.